The third-order valence-corrected chi connectivity index (χ3v) is 2.76. The van der Waals surface area contributed by atoms with Gasteiger partial charge >= 0.3 is 11.9 Å². The standard InChI is InChI=1S/C7H12O3.C6H9NO2/c1-6(7(9)10)4-2-3-5-8;8-6(9)5-3-1-2-4-7-5/h5-6H,2-4H2,1H3,(H,9,10);4-5H,1-3H2,(H,8,9)/t6-;5-/m10/s1. The van der Waals surface area contributed by atoms with Gasteiger partial charge in [-0.2, -0.15) is 0 Å². The number of aldehydes is 1. The molecule has 108 valence electrons. The van der Waals surface area contributed by atoms with Crippen molar-refractivity contribution in [3.05, 3.63) is 0 Å². The third kappa shape index (κ3) is 8.93. The highest BCUT2D eigenvalue weighted by Gasteiger charge is 2.16. The molecule has 1 heterocycles. The molecule has 0 saturated heterocycles. The average Bonchev–Trinajstić information content (AvgIpc) is 2.40. The van der Waals surface area contributed by atoms with E-state index in [-0.39, 0.29) is 5.92 Å². The number of hydrogen-bond donors (Lipinski definition) is 2. The van der Waals surface area contributed by atoms with Crippen LogP contribution in [0.25, 0.3) is 0 Å². The minimum absolute atomic E-state index is 0.319. The molecule has 0 radical (unpaired) electrons. The van der Waals surface area contributed by atoms with E-state index in [0.717, 1.165) is 19.1 Å². The summed E-state index contributed by atoms with van der Waals surface area (Å²) in [5.74, 6) is -1.91. The molecule has 0 fully saturated rings. The molecule has 1 rings (SSSR count). The molecule has 6 nitrogen and oxygen atoms in total. The van der Waals surface area contributed by atoms with E-state index in [1.54, 1.807) is 13.1 Å². The van der Waals surface area contributed by atoms with Crippen molar-refractivity contribution in [2.24, 2.45) is 10.9 Å². The second-order valence-electron chi connectivity index (χ2n) is 4.45. The number of carboxylic acids is 2. The van der Waals surface area contributed by atoms with E-state index in [4.69, 9.17) is 10.2 Å². The molecule has 0 aromatic carbocycles. The Hall–Kier alpha value is -1.72. The molecule has 0 amide bonds. The van der Waals surface area contributed by atoms with E-state index in [1.165, 1.54) is 0 Å². The van der Waals surface area contributed by atoms with Crippen molar-refractivity contribution in [3.63, 3.8) is 0 Å². The third-order valence-electron chi connectivity index (χ3n) is 2.76. The fraction of sp³-hybridized carbons (Fsp3) is 0.692. The van der Waals surface area contributed by atoms with Crippen molar-refractivity contribution in [1.82, 2.24) is 0 Å². The Kier molecular flexibility index (Phi) is 9.30. The van der Waals surface area contributed by atoms with Gasteiger partial charge in [0.05, 0.1) is 5.92 Å². The van der Waals surface area contributed by atoms with Crippen LogP contribution < -0.4 is 0 Å². The molecule has 2 N–H and O–H groups in total. The summed E-state index contributed by atoms with van der Waals surface area (Å²) in [6.45, 7) is 1.65. The summed E-state index contributed by atoms with van der Waals surface area (Å²) in [5.41, 5.74) is 0. The lowest BCUT2D eigenvalue weighted by molar-refractivity contribution is -0.141. The lowest BCUT2D eigenvalue weighted by Gasteiger charge is -2.09. The minimum atomic E-state index is -0.800. The first-order valence-corrected chi connectivity index (χ1v) is 6.40. The van der Waals surface area contributed by atoms with Crippen LogP contribution in [0.5, 0.6) is 0 Å². The van der Waals surface area contributed by atoms with Crippen LogP contribution in [-0.2, 0) is 14.4 Å². The predicted octanol–water partition coefficient (Wildman–Crippen LogP) is 1.77. The highest BCUT2D eigenvalue weighted by Crippen LogP contribution is 2.08. The number of unbranched alkanes of at least 4 members (excludes halogenated alkanes) is 1. The van der Waals surface area contributed by atoms with Gasteiger partial charge in [0.25, 0.3) is 0 Å². The summed E-state index contributed by atoms with van der Waals surface area (Å²) in [7, 11) is 0. The van der Waals surface area contributed by atoms with Crippen molar-refractivity contribution < 1.29 is 24.6 Å². The predicted molar refractivity (Wildman–Crippen MR) is 70.5 cm³/mol. The first-order valence-electron chi connectivity index (χ1n) is 6.40. The average molecular weight is 271 g/mol. The summed E-state index contributed by atoms with van der Waals surface area (Å²) >= 11 is 0. The van der Waals surface area contributed by atoms with Crippen LogP contribution in [0.1, 0.15) is 45.4 Å². The van der Waals surface area contributed by atoms with Gasteiger partial charge in [0.1, 0.15) is 12.3 Å². The first kappa shape index (κ1) is 17.3. The summed E-state index contributed by atoms with van der Waals surface area (Å²) in [4.78, 5) is 34.1. The second kappa shape index (κ2) is 10.2. The van der Waals surface area contributed by atoms with Crippen LogP contribution in [0.3, 0.4) is 0 Å². The zero-order chi connectivity index (χ0) is 14.7. The van der Waals surface area contributed by atoms with Gasteiger partial charge in [-0.15, -0.1) is 0 Å². The molecule has 0 spiro atoms. The Morgan fingerprint density at radius 2 is 2.16 bits per heavy atom. The molecule has 0 aromatic rings. The van der Waals surface area contributed by atoms with Crippen molar-refractivity contribution in [2.45, 2.75) is 51.5 Å². The van der Waals surface area contributed by atoms with E-state index in [0.29, 0.717) is 25.7 Å². The number of aliphatic carboxylic acids is 2. The van der Waals surface area contributed by atoms with E-state index in [1.807, 2.05) is 0 Å². The number of nitrogens with zero attached hydrogens (tertiary/aromatic N) is 1. The normalized spacial score (nSPS) is 18.9. The quantitative estimate of drug-likeness (QED) is 0.566. The van der Waals surface area contributed by atoms with E-state index >= 15 is 0 Å². The molecular formula is C13H21NO5. The molecule has 2 atom stereocenters. The van der Waals surface area contributed by atoms with Crippen molar-refractivity contribution in [2.75, 3.05) is 0 Å². The molecule has 0 saturated carbocycles. The first-order chi connectivity index (χ1) is 8.99. The van der Waals surface area contributed by atoms with Gasteiger partial charge in [-0.1, -0.05) is 6.92 Å². The van der Waals surface area contributed by atoms with Gasteiger partial charge in [0.15, 0.2) is 0 Å². The van der Waals surface area contributed by atoms with Crippen molar-refractivity contribution in [3.8, 4) is 0 Å². The van der Waals surface area contributed by atoms with Crippen molar-refractivity contribution >= 4 is 24.4 Å². The van der Waals surface area contributed by atoms with E-state index in [9.17, 15) is 14.4 Å². The maximum atomic E-state index is 10.2. The molecule has 0 unspecified atom stereocenters. The number of carbonyl (C=O) groups excluding carboxylic acids is 1. The molecule has 0 aliphatic carbocycles. The molecule has 1 aliphatic rings. The number of hydrogen-bond acceptors (Lipinski definition) is 4. The summed E-state index contributed by atoms with van der Waals surface area (Å²) in [6, 6.07) is -0.459. The van der Waals surface area contributed by atoms with Crippen LogP contribution >= 0.6 is 0 Å². The van der Waals surface area contributed by atoms with Gasteiger partial charge < -0.3 is 15.0 Å². The maximum absolute atomic E-state index is 10.2. The smallest absolute Gasteiger partial charge is 0.328 e. The minimum Gasteiger partial charge on any atom is -0.481 e. The van der Waals surface area contributed by atoms with E-state index < -0.39 is 18.0 Å². The molecule has 0 bridgehead atoms. The number of carboxylic acid groups (broad SMARTS) is 2. The zero-order valence-electron chi connectivity index (χ0n) is 11.1. The van der Waals surface area contributed by atoms with Crippen LogP contribution in [0.4, 0.5) is 0 Å². The van der Waals surface area contributed by atoms with E-state index in [2.05, 4.69) is 4.99 Å². The van der Waals surface area contributed by atoms with Crippen LogP contribution in [0.15, 0.2) is 4.99 Å². The van der Waals surface area contributed by atoms with Gasteiger partial charge in [0.2, 0.25) is 0 Å². The molecule has 6 heteroatoms. The van der Waals surface area contributed by atoms with Gasteiger partial charge in [0, 0.05) is 6.42 Å². The lowest BCUT2D eigenvalue weighted by Crippen LogP contribution is -2.20. The Bertz CT molecular complexity index is 327. The zero-order valence-corrected chi connectivity index (χ0v) is 11.1. The molecule has 19 heavy (non-hydrogen) atoms. The molecule has 0 aromatic heterocycles. The highest BCUT2D eigenvalue weighted by molar-refractivity contribution is 5.76. The Morgan fingerprint density at radius 1 is 1.47 bits per heavy atom. The maximum Gasteiger partial charge on any atom is 0.328 e. The summed E-state index contributed by atoms with van der Waals surface area (Å²) in [5, 5.41) is 16.8. The fourth-order valence-corrected chi connectivity index (χ4v) is 1.50. The lowest BCUT2D eigenvalue weighted by atomic mass is 10.1. The number of aliphatic imine (C=N–C) groups is 1. The Morgan fingerprint density at radius 3 is 2.53 bits per heavy atom. The van der Waals surface area contributed by atoms with Crippen LogP contribution in [0, 0.1) is 5.92 Å². The second-order valence-corrected chi connectivity index (χ2v) is 4.45. The summed E-state index contributed by atoms with van der Waals surface area (Å²) < 4.78 is 0. The molecule has 1 aliphatic heterocycles. The van der Waals surface area contributed by atoms with Crippen LogP contribution in [0.2, 0.25) is 0 Å². The number of rotatable bonds is 6. The van der Waals surface area contributed by atoms with Gasteiger partial charge in [-0.05, 0) is 38.3 Å². The van der Waals surface area contributed by atoms with Gasteiger partial charge in [-0.25, -0.2) is 4.79 Å². The highest BCUT2D eigenvalue weighted by atomic mass is 16.4. The largest absolute Gasteiger partial charge is 0.481 e. The number of carbonyl (C=O) groups is 3. The summed E-state index contributed by atoms with van der Waals surface area (Å²) in [6.07, 6.45) is 6.84. The monoisotopic (exact) mass is 271 g/mol. The van der Waals surface area contributed by atoms with Crippen LogP contribution in [-0.4, -0.2) is 40.7 Å². The Balaban J connectivity index is 0.000000342. The molecular weight excluding hydrogens is 250 g/mol. The Labute approximate surface area is 112 Å². The van der Waals surface area contributed by atoms with Crippen molar-refractivity contribution in [1.29, 1.82) is 0 Å². The topological polar surface area (TPSA) is 104 Å². The van der Waals surface area contributed by atoms with Gasteiger partial charge in [-0.3, -0.25) is 9.79 Å². The fourth-order valence-electron chi connectivity index (χ4n) is 1.50. The SMILES string of the molecule is C[C@H](CCCC=O)C(=O)O.O=C(O)[C@@H]1CCCC=N1.